The van der Waals surface area contributed by atoms with Crippen molar-refractivity contribution in [1.29, 1.82) is 0 Å². The van der Waals surface area contributed by atoms with E-state index >= 15 is 0 Å². The van der Waals surface area contributed by atoms with Crippen LogP contribution in [-0.4, -0.2) is 15.0 Å². The monoisotopic (exact) mass is 746 g/mol. The highest BCUT2D eigenvalue weighted by Crippen LogP contribution is 2.39. The molecule has 0 aliphatic rings. The molecule has 0 N–H and O–H groups in total. The van der Waals surface area contributed by atoms with Crippen LogP contribution in [0.25, 0.3) is 99.8 Å². The molecule has 0 bridgehead atoms. The Bertz CT molecular complexity index is 3130. The second-order valence-electron chi connectivity index (χ2n) is 14.4. The van der Waals surface area contributed by atoms with Crippen molar-refractivity contribution in [1.82, 2.24) is 15.0 Å². The predicted octanol–water partition coefficient (Wildman–Crippen LogP) is 14.0. The summed E-state index contributed by atoms with van der Waals surface area (Å²) in [7, 11) is 0. The Morgan fingerprint density at radius 1 is 0.328 bits per heavy atom. The van der Waals surface area contributed by atoms with Gasteiger partial charge >= 0.3 is 0 Å². The van der Waals surface area contributed by atoms with Gasteiger partial charge in [-0.25, -0.2) is 9.97 Å². The molecule has 7 heteroatoms. The third kappa shape index (κ3) is 5.25. The van der Waals surface area contributed by atoms with Crippen molar-refractivity contribution in [3.8, 4) is 33.8 Å². The number of benzene rings is 6. The fraction of sp³-hybridized carbons (Fsp3) is 0. The lowest BCUT2D eigenvalue weighted by molar-refractivity contribution is 0.654. The molecule has 0 unspecified atom stereocenters. The summed E-state index contributed by atoms with van der Waals surface area (Å²) < 4.78 is 18.4. The molecule has 0 aliphatic carbocycles. The van der Waals surface area contributed by atoms with Crippen LogP contribution in [-0.2, 0) is 0 Å². The van der Waals surface area contributed by atoms with Crippen molar-refractivity contribution in [3.05, 3.63) is 182 Å². The van der Waals surface area contributed by atoms with Gasteiger partial charge in [0, 0.05) is 78.3 Å². The van der Waals surface area contributed by atoms with Gasteiger partial charge in [-0.2, -0.15) is 0 Å². The van der Waals surface area contributed by atoms with E-state index < -0.39 is 0 Å². The van der Waals surface area contributed by atoms with Crippen LogP contribution in [0, 0.1) is 0 Å². The minimum atomic E-state index is 0.632. The smallest absolute Gasteiger partial charge is 0.227 e. The number of aromatic nitrogens is 3. The van der Waals surface area contributed by atoms with Crippen LogP contribution in [0.5, 0.6) is 0 Å². The number of anilines is 3. The topological polar surface area (TPSA) is 81.3 Å². The third-order valence-electron chi connectivity index (χ3n) is 11.0. The summed E-state index contributed by atoms with van der Waals surface area (Å²) in [5, 5.41) is 6.22. The SMILES string of the molecule is c1ccc2c(c1)oc1cc(-c3ccc(N(c4ccc(-c5ccc6c(n5)oc5ccccc56)cc4)c4ccc(-c5ccc6c(n5)oc5ccccc56)cc4)cc3)ncc12. The molecule has 12 rings (SSSR count). The summed E-state index contributed by atoms with van der Waals surface area (Å²) in [5.74, 6) is 0. The van der Waals surface area contributed by atoms with E-state index in [9.17, 15) is 0 Å². The third-order valence-corrected chi connectivity index (χ3v) is 11.0. The Kier molecular flexibility index (Phi) is 7.09. The van der Waals surface area contributed by atoms with Crippen LogP contribution in [0.1, 0.15) is 0 Å². The van der Waals surface area contributed by atoms with Crippen molar-refractivity contribution in [3.63, 3.8) is 0 Å². The molecular weight excluding hydrogens is 717 g/mol. The largest absolute Gasteiger partial charge is 0.456 e. The van der Waals surface area contributed by atoms with Gasteiger partial charge in [-0.1, -0.05) is 91.0 Å². The second-order valence-corrected chi connectivity index (χ2v) is 14.4. The van der Waals surface area contributed by atoms with Crippen LogP contribution in [0.15, 0.2) is 195 Å². The van der Waals surface area contributed by atoms with E-state index in [1.54, 1.807) is 0 Å². The summed E-state index contributed by atoms with van der Waals surface area (Å²) in [4.78, 5) is 16.9. The maximum Gasteiger partial charge on any atom is 0.227 e. The summed E-state index contributed by atoms with van der Waals surface area (Å²) in [5.41, 5.74) is 13.1. The molecule has 6 heterocycles. The lowest BCUT2D eigenvalue weighted by Gasteiger charge is -2.26. The Labute approximate surface area is 331 Å². The molecule has 7 nitrogen and oxygen atoms in total. The molecule has 0 amide bonds. The number of hydrogen-bond donors (Lipinski definition) is 0. The molecule has 0 spiro atoms. The Morgan fingerprint density at radius 3 is 1.22 bits per heavy atom. The quantitative estimate of drug-likeness (QED) is 0.168. The van der Waals surface area contributed by atoms with Crippen LogP contribution in [0.3, 0.4) is 0 Å². The first-order valence-corrected chi connectivity index (χ1v) is 19.2. The molecule has 0 saturated heterocycles. The van der Waals surface area contributed by atoms with E-state index in [2.05, 4.69) is 120 Å². The zero-order chi connectivity index (χ0) is 38.2. The van der Waals surface area contributed by atoms with E-state index in [0.717, 1.165) is 105 Å². The highest BCUT2D eigenvalue weighted by molar-refractivity contribution is 6.06. The molecular formula is C51H30N4O3. The normalized spacial score (nSPS) is 11.8. The van der Waals surface area contributed by atoms with Gasteiger partial charge < -0.3 is 18.2 Å². The van der Waals surface area contributed by atoms with Crippen LogP contribution in [0.2, 0.25) is 0 Å². The van der Waals surface area contributed by atoms with Gasteiger partial charge in [0.1, 0.15) is 22.3 Å². The van der Waals surface area contributed by atoms with Gasteiger partial charge in [0.2, 0.25) is 11.4 Å². The highest BCUT2D eigenvalue weighted by atomic mass is 16.3. The molecule has 6 aromatic carbocycles. The van der Waals surface area contributed by atoms with Crippen LogP contribution in [0.4, 0.5) is 17.1 Å². The molecule has 272 valence electrons. The molecule has 12 aromatic rings. The van der Waals surface area contributed by atoms with E-state index in [1.165, 1.54) is 0 Å². The van der Waals surface area contributed by atoms with Gasteiger partial charge in [0.25, 0.3) is 0 Å². The first kappa shape index (κ1) is 32.2. The molecule has 6 aromatic heterocycles. The maximum absolute atomic E-state index is 6.18. The maximum atomic E-state index is 6.18. The van der Waals surface area contributed by atoms with Crippen molar-refractivity contribution in [2.24, 2.45) is 0 Å². The number of hydrogen-bond acceptors (Lipinski definition) is 7. The number of fused-ring (bicyclic) bond motifs is 9. The Balaban J connectivity index is 0.911. The lowest BCUT2D eigenvalue weighted by Crippen LogP contribution is -2.09. The molecule has 58 heavy (non-hydrogen) atoms. The minimum absolute atomic E-state index is 0.632. The van der Waals surface area contributed by atoms with Gasteiger partial charge in [-0.15, -0.1) is 0 Å². The minimum Gasteiger partial charge on any atom is -0.456 e. The number of rotatable bonds is 6. The van der Waals surface area contributed by atoms with Gasteiger partial charge in [0.15, 0.2) is 0 Å². The van der Waals surface area contributed by atoms with Gasteiger partial charge in [0.05, 0.1) is 17.1 Å². The summed E-state index contributed by atoms with van der Waals surface area (Å²) >= 11 is 0. The fourth-order valence-corrected chi connectivity index (χ4v) is 8.10. The second kappa shape index (κ2) is 12.8. The average molecular weight is 747 g/mol. The summed E-state index contributed by atoms with van der Waals surface area (Å²) in [6.07, 6.45) is 1.90. The highest BCUT2D eigenvalue weighted by Gasteiger charge is 2.17. The number of furan rings is 3. The van der Waals surface area contributed by atoms with Crippen LogP contribution < -0.4 is 4.90 Å². The average Bonchev–Trinajstić information content (AvgIpc) is 3.97. The van der Waals surface area contributed by atoms with Gasteiger partial charge in [-0.05, 0) is 78.9 Å². The summed E-state index contributed by atoms with van der Waals surface area (Å²) in [6.45, 7) is 0. The predicted molar refractivity (Wildman–Crippen MR) is 233 cm³/mol. The first-order valence-electron chi connectivity index (χ1n) is 19.2. The van der Waals surface area contributed by atoms with Crippen molar-refractivity contribution in [2.75, 3.05) is 4.90 Å². The summed E-state index contributed by atoms with van der Waals surface area (Å²) in [6, 6.07) is 59.9. The molecule has 0 fully saturated rings. The van der Waals surface area contributed by atoms with Gasteiger partial charge in [-0.3, -0.25) is 4.98 Å². The lowest BCUT2D eigenvalue weighted by atomic mass is 10.1. The van der Waals surface area contributed by atoms with E-state index in [4.69, 9.17) is 28.2 Å². The molecule has 0 atom stereocenters. The molecule has 0 aliphatic heterocycles. The van der Waals surface area contributed by atoms with E-state index in [1.807, 2.05) is 66.9 Å². The van der Waals surface area contributed by atoms with Crippen molar-refractivity contribution >= 4 is 83.1 Å². The Hall–Kier alpha value is -8.03. The Morgan fingerprint density at radius 2 is 0.741 bits per heavy atom. The van der Waals surface area contributed by atoms with Crippen molar-refractivity contribution < 1.29 is 13.3 Å². The number of pyridine rings is 3. The zero-order valence-corrected chi connectivity index (χ0v) is 30.8. The van der Waals surface area contributed by atoms with Crippen molar-refractivity contribution in [2.45, 2.75) is 0 Å². The van der Waals surface area contributed by atoms with E-state index in [-0.39, 0.29) is 0 Å². The number of para-hydroxylation sites is 3. The number of nitrogens with zero attached hydrogens (tertiary/aromatic N) is 4. The fourth-order valence-electron chi connectivity index (χ4n) is 8.10. The van der Waals surface area contributed by atoms with Crippen LogP contribution >= 0.6 is 0 Å². The van der Waals surface area contributed by atoms with E-state index in [0.29, 0.717) is 11.4 Å². The molecule has 0 saturated carbocycles. The zero-order valence-electron chi connectivity index (χ0n) is 30.8. The molecule has 0 radical (unpaired) electrons. The first-order chi connectivity index (χ1) is 28.7. The standard InChI is InChI=1S/C51H30N4O3/c1-5-11-47-37(7-1)40-25-27-43(53-50(40)57-47)31-13-19-34(20-14-31)55(35-21-15-32(16-22-35)44-28-26-41-38-8-2-6-12-48(38)58-51(41)54-44)36-23-17-33(18-24-36)45-29-49-42(30-52-45)39-9-3-4-10-46(39)56-49/h1-30H.